The molecular weight excluding hydrogens is 248 g/mol. The number of furan rings is 1. The van der Waals surface area contributed by atoms with Crippen LogP contribution in [-0.2, 0) is 6.54 Å². The Morgan fingerprint density at radius 3 is 2.89 bits per heavy atom. The summed E-state index contributed by atoms with van der Waals surface area (Å²) in [6, 6.07) is 11.3. The molecule has 1 aromatic carbocycles. The topological polar surface area (TPSA) is 52.0 Å². The molecule has 0 radical (unpaired) electrons. The smallest absolute Gasteiger partial charge is 0.153 e. The summed E-state index contributed by atoms with van der Waals surface area (Å²) in [6.07, 6.45) is 1.73. The van der Waals surface area contributed by atoms with Gasteiger partial charge in [-0.15, -0.1) is 0 Å². The van der Waals surface area contributed by atoms with Crippen molar-refractivity contribution >= 4 is 22.6 Å². The lowest BCUT2D eigenvalue weighted by molar-refractivity contribution is 0.628. The van der Waals surface area contributed by atoms with E-state index in [-0.39, 0.29) is 0 Å². The summed E-state index contributed by atoms with van der Waals surface area (Å²) < 4.78 is 5.75. The number of benzene rings is 1. The fraction of sp³-hybridized carbons (Fsp3) is 0.0714. The first-order valence-corrected chi connectivity index (χ1v) is 5.98. The molecule has 0 fully saturated rings. The molecule has 2 N–H and O–H groups in total. The summed E-state index contributed by atoms with van der Waals surface area (Å²) in [4.78, 5) is 4.29. The van der Waals surface area contributed by atoms with Gasteiger partial charge in [0.05, 0.1) is 0 Å². The van der Waals surface area contributed by atoms with E-state index in [1.54, 1.807) is 12.3 Å². The maximum atomic E-state index is 5.93. The van der Waals surface area contributed by atoms with E-state index in [4.69, 9.17) is 21.8 Å². The molecule has 0 aliphatic heterocycles. The van der Waals surface area contributed by atoms with Gasteiger partial charge in [-0.2, -0.15) is 0 Å². The van der Waals surface area contributed by atoms with Crippen LogP contribution in [0.25, 0.3) is 22.4 Å². The highest BCUT2D eigenvalue weighted by Gasteiger charge is 2.08. The second kappa shape index (κ2) is 4.44. The maximum Gasteiger partial charge on any atom is 0.153 e. The first-order chi connectivity index (χ1) is 8.76. The summed E-state index contributed by atoms with van der Waals surface area (Å²) in [7, 11) is 0. The monoisotopic (exact) mass is 258 g/mol. The van der Waals surface area contributed by atoms with E-state index in [0.29, 0.717) is 11.6 Å². The number of aromatic nitrogens is 1. The predicted molar refractivity (Wildman–Crippen MR) is 72.3 cm³/mol. The summed E-state index contributed by atoms with van der Waals surface area (Å²) >= 11 is 5.93. The van der Waals surface area contributed by atoms with Crippen LogP contribution in [0.4, 0.5) is 0 Å². The van der Waals surface area contributed by atoms with Crippen molar-refractivity contribution in [3.8, 4) is 11.5 Å². The molecule has 18 heavy (non-hydrogen) atoms. The first kappa shape index (κ1) is 11.3. The molecule has 3 rings (SSSR count). The van der Waals surface area contributed by atoms with Crippen LogP contribution in [0.15, 0.2) is 47.0 Å². The highest BCUT2D eigenvalue weighted by Crippen LogP contribution is 2.28. The van der Waals surface area contributed by atoms with Crippen LogP contribution in [0.2, 0.25) is 5.02 Å². The normalized spacial score (nSPS) is 11.0. The molecule has 0 unspecified atom stereocenters. The third-order valence-electron chi connectivity index (χ3n) is 2.79. The number of pyridine rings is 1. The van der Waals surface area contributed by atoms with Gasteiger partial charge in [0.15, 0.2) is 5.76 Å². The van der Waals surface area contributed by atoms with Crippen LogP contribution in [0.1, 0.15) is 5.56 Å². The molecule has 0 saturated carbocycles. The van der Waals surface area contributed by atoms with E-state index in [1.807, 2.05) is 30.3 Å². The molecule has 3 aromatic rings. The molecule has 0 aliphatic rings. The Morgan fingerprint density at radius 1 is 1.17 bits per heavy atom. The molecule has 2 aromatic heterocycles. The van der Waals surface area contributed by atoms with Gasteiger partial charge in [0.2, 0.25) is 0 Å². The van der Waals surface area contributed by atoms with E-state index >= 15 is 0 Å². The molecule has 0 spiro atoms. The largest absolute Gasteiger partial charge is 0.454 e. The summed E-state index contributed by atoms with van der Waals surface area (Å²) in [5.41, 5.74) is 8.19. The van der Waals surface area contributed by atoms with Gasteiger partial charge in [0.1, 0.15) is 11.3 Å². The summed E-state index contributed by atoms with van der Waals surface area (Å²) in [5.74, 6) is 0.725. The molecule has 90 valence electrons. The van der Waals surface area contributed by atoms with E-state index in [2.05, 4.69) is 4.98 Å². The minimum Gasteiger partial charge on any atom is -0.454 e. The van der Waals surface area contributed by atoms with Crippen molar-refractivity contribution in [2.45, 2.75) is 6.54 Å². The molecule has 0 bridgehead atoms. The van der Waals surface area contributed by atoms with Crippen LogP contribution in [-0.4, -0.2) is 4.98 Å². The van der Waals surface area contributed by atoms with E-state index in [0.717, 1.165) is 28.0 Å². The third kappa shape index (κ3) is 1.98. The zero-order valence-corrected chi connectivity index (χ0v) is 10.3. The Kier molecular flexibility index (Phi) is 2.78. The highest BCUT2D eigenvalue weighted by molar-refractivity contribution is 6.31. The number of nitrogens with zero attached hydrogens (tertiary/aromatic N) is 1. The number of halogens is 1. The number of rotatable bonds is 2. The van der Waals surface area contributed by atoms with Crippen molar-refractivity contribution < 1.29 is 4.42 Å². The van der Waals surface area contributed by atoms with Crippen LogP contribution >= 0.6 is 11.6 Å². The average molecular weight is 259 g/mol. The van der Waals surface area contributed by atoms with E-state index in [9.17, 15) is 0 Å². The fourth-order valence-corrected chi connectivity index (χ4v) is 2.03. The number of fused-ring (bicyclic) bond motifs is 1. The minimum absolute atomic E-state index is 0.488. The van der Waals surface area contributed by atoms with Gasteiger partial charge < -0.3 is 10.2 Å². The zero-order valence-electron chi connectivity index (χ0n) is 9.56. The SMILES string of the molecule is NCc1ccnc(-c2cc3ccc(Cl)cc3o2)c1. The Balaban J connectivity index is 2.13. The van der Waals surface area contributed by atoms with Gasteiger partial charge in [-0.05, 0) is 35.9 Å². The van der Waals surface area contributed by atoms with Gasteiger partial charge in [-0.1, -0.05) is 11.6 Å². The molecule has 4 heteroatoms. The molecule has 0 aliphatic carbocycles. The molecule has 0 saturated heterocycles. The van der Waals surface area contributed by atoms with Crippen molar-refractivity contribution in [2.24, 2.45) is 5.73 Å². The van der Waals surface area contributed by atoms with Crippen molar-refractivity contribution in [1.82, 2.24) is 4.98 Å². The quantitative estimate of drug-likeness (QED) is 0.764. The zero-order chi connectivity index (χ0) is 12.5. The Labute approximate surface area is 109 Å². The number of nitrogens with two attached hydrogens (primary N) is 1. The standard InChI is InChI=1S/C14H11ClN2O/c15-11-2-1-10-6-14(18-13(10)7-11)12-5-9(8-16)3-4-17-12/h1-7H,8,16H2. The van der Waals surface area contributed by atoms with Crippen molar-refractivity contribution in [3.05, 3.63) is 53.2 Å². The lowest BCUT2D eigenvalue weighted by Gasteiger charge is -1.98. The van der Waals surface area contributed by atoms with Gasteiger partial charge in [0, 0.05) is 29.2 Å². The van der Waals surface area contributed by atoms with Gasteiger partial charge in [-0.3, -0.25) is 4.98 Å². The van der Waals surface area contributed by atoms with Crippen LogP contribution in [0, 0.1) is 0 Å². The van der Waals surface area contributed by atoms with Gasteiger partial charge in [-0.25, -0.2) is 0 Å². The minimum atomic E-state index is 0.488. The molecule has 2 heterocycles. The highest BCUT2D eigenvalue weighted by atomic mass is 35.5. The molecule has 0 amide bonds. The number of hydrogen-bond acceptors (Lipinski definition) is 3. The second-order valence-electron chi connectivity index (χ2n) is 4.05. The van der Waals surface area contributed by atoms with Crippen LogP contribution < -0.4 is 5.73 Å². The molecular formula is C14H11ClN2O. The van der Waals surface area contributed by atoms with Gasteiger partial charge >= 0.3 is 0 Å². The van der Waals surface area contributed by atoms with Gasteiger partial charge in [0.25, 0.3) is 0 Å². The Bertz CT molecular complexity index is 706. The Morgan fingerprint density at radius 2 is 2.06 bits per heavy atom. The van der Waals surface area contributed by atoms with E-state index in [1.165, 1.54) is 0 Å². The van der Waals surface area contributed by atoms with Crippen molar-refractivity contribution in [2.75, 3.05) is 0 Å². The molecule has 3 nitrogen and oxygen atoms in total. The lowest BCUT2D eigenvalue weighted by Crippen LogP contribution is -1.96. The lowest BCUT2D eigenvalue weighted by atomic mass is 10.2. The van der Waals surface area contributed by atoms with Crippen LogP contribution in [0.5, 0.6) is 0 Å². The third-order valence-corrected chi connectivity index (χ3v) is 3.03. The first-order valence-electron chi connectivity index (χ1n) is 5.61. The predicted octanol–water partition coefficient (Wildman–Crippen LogP) is 3.61. The summed E-state index contributed by atoms with van der Waals surface area (Å²) in [5, 5.41) is 1.67. The average Bonchev–Trinajstić information content (AvgIpc) is 2.81. The molecule has 0 atom stereocenters. The Hall–Kier alpha value is -1.84. The van der Waals surface area contributed by atoms with E-state index < -0.39 is 0 Å². The van der Waals surface area contributed by atoms with Crippen LogP contribution in [0.3, 0.4) is 0 Å². The van der Waals surface area contributed by atoms with Crippen molar-refractivity contribution in [1.29, 1.82) is 0 Å². The second-order valence-corrected chi connectivity index (χ2v) is 4.48. The summed E-state index contributed by atoms with van der Waals surface area (Å²) in [6.45, 7) is 0.488. The van der Waals surface area contributed by atoms with Crippen molar-refractivity contribution in [3.63, 3.8) is 0 Å². The fourth-order valence-electron chi connectivity index (χ4n) is 1.87. The number of hydrogen-bond donors (Lipinski definition) is 1. The maximum absolute atomic E-state index is 5.93.